The van der Waals surface area contributed by atoms with Crippen molar-refractivity contribution in [2.75, 3.05) is 0 Å². The summed E-state index contributed by atoms with van der Waals surface area (Å²) in [5.41, 5.74) is 0.0211. The fraction of sp³-hybridized carbons (Fsp3) is 0.429. The van der Waals surface area contributed by atoms with Gasteiger partial charge in [-0.25, -0.2) is 0 Å². The first kappa shape index (κ1) is 15.5. The fourth-order valence-corrected chi connectivity index (χ4v) is 1.63. The lowest BCUT2D eigenvalue weighted by Gasteiger charge is -2.22. The summed E-state index contributed by atoms with van der Waals surface area (Å²) in [6.45, 7) is 5.10. The molecule has 1 aromatic carbocycles. The normalized spacial score (nSPS) is 12.8. The van der Waals surface area contributed by atoms with Crippen LogP contribution >= 0.6 is 11.6 Å². The molecule has 0 radical (unpaired) electrons. The van der Waals surface area contributed by atoms with Crippen molar-refractivity contribution in [3.8, 4) is 0 Å². The second kappa shape index (κ2) is 6.06. The summed E-state index contributed by atoms with van der Waals surface area (Å²) in [6, 6.07) is 6.71. The van der Waals surface area contributed by atoms with Crippen molar-refractivity contribution in [1.29, 1.82) is 0 Å². The van der Waals surface area contributed by atoms with E-state index < -0.39 is 23.5 Å². The molecule has 0 unspecified atom stereocenters. The second-order valence-corrected chi connectivity index (χ2v) is 5.69. The van der Waals surface area contributed by atoms with Crippen molar-refractivity contribution in [3.05, 3.63) is 34.9 Å². The van der Waals surface area contributed by atoms with Gasteiger partial charge in [-0.1, -0.05) is 23.7 Å². The Morgan fingerprint density at radius 1 is 1.26 bits per heavy atom. The maximum Gasteiger partial charge on any atom is 0.321 e. The van der Waals surface area contributed by atoms with Gasteiger partial charge in [-0.3, -0.25) is 9.59 Å². The number of hydrogen-bond donors (Lipinski definition) is 1. The molecule has 0 aromatic heterocycles. The van der Waals surface area contributed by atoms with Crippen LogP contribution in [0.4, 0.5) is 0 Å². The zero-order valence-corrected chi connectivity index (χ0v) is 11.9. The number of ether oxygens (including phenoxy) is 1. The zero-order valence-electron chi connectivity index (χ0n) is 11.1. The molecule has 1 N–H and O–H groups in total. The number of hydrogen-bond acceptors (Lipinski definition) is 3. The van der Waals surface area contributed by atoms with Crippen molar-refractivity contribution in [2.45, 2.75) is 32.8 Å². The van der Waals surface area contributed by atoms with Gasteiger partial charge in [-0.15, -0.1) is 0 Å². The Balaban J connectivity index is 2.81. The summed E-state index contributed by atoms with van der Waals surface area (Å²) in [6.07, 6.45) is 0.0847. The van der Waals surface area contributed by atoms with Gasteiger partial charge in [0.1, 0.15) is 5.60 Å². The van der Waals surface area contributed by atoms with Crippen molar-refractivity contribution < 1.29 is 19.4 Å². The van der Waals surface area contributed by atoms with Crippen LogP contribution < -0.4 is 0 Å². The summed E-state index contributed by atoms with van der Waals surface area (Å²) in [4.78, 5) is 23.0. The van der Waals surface area contributed by atoms with Crippen LogP contribution in [0, 0.1) is 5.92 Å². The van der Waals surface area contributed by atoms with Gasteiger partial charge in [0.25, 0.3) is 0 Å². The van der Waals surface area contributed by atoms with Crippen LogP contribution in [0.25, 0.3) is 0 Å². The lowest BCUT2D eigenvalue weighted by atomic mass is 9.99. The van der Waals surface area contributed by atoms with E-state index in [0.29, 0.717) is 5.02 Å². The zero-order chi connectivity index (χ0) is 14.6. The first-order chi connectivity index (χ1) is 8.69. The van der Waals surface area contributed by atoms with E-state index in [-0.39, 0.29) is 6.42 Å². The molecule has 0 aliphatic carbocycles. The van der Waals surface area contributed by atoms with Gasteiger partial charge in [0.05, 0.1) is 0 Å². The Labute approximate surface area is 117 Å². The predicted octanol–water partition coefficient (Wildman–Crippen LogP) is 2.93. The fourth-order valence-electron chi connectivity index (χ4n) is 1.50. The molecule has 1 atom stereocenters. The largest absolute Gasteiger partial charge is 0.481 e. The standard InChI is InChI=1S/C14H17ClO4/c1-14(2,3)19-13(18)11(12(16)17)8-9-4-6-10(15)7-5-9/h4-7,11H,8H2,1-3H3,(H,16,17)/t11-/m1/s1. The minimum atomic E-state index is -1.21. The van der Waals surface area contributed by atoms with Gasteiger partial charge in [-0.2, -0.15) is 0 Å². The summed E-state index contributed by atoms with van der Waals surface area (Å²) in [5, 5.41) is 9.69. The second-order valence-electron chi connectivity index (χ2n) is 5.25. The molecule has 4 nitrogen and oxygen atoms in total. The Hall–Kier alpha value is -1.55. The van der Waals surface area contributed by atoms with Crippen molar-refractivity contribution in [2.24, 2.45) is 5.92 Å². The molecule has 0 saturated heterocycles. The first-order valence-electron chi connectivity index (χ1n) is 5.89. The molecule has 5 heteroatoms. The van der Waals surface area contributed by atoms with Gasteiger partial charge in [0, 0.05) is 5.02 Å². The minimum Gasteiger partial charge on any atom is -0.481 e. The Bertz CT molecular complexity index is 459. The van der Waals surface area contributed by atoms with E-state index in [9.17, 15) is 9.59 Å². The number of esters is 1. The molecular weight excluding hydrogens is 268 g/mol. The van der Waals surface area contributed by atoms with Crippen LogP contribution in [0.2, 0.25) is 5.02 Å². The highest BCUT2D eigenvalue weighted by atomic mass is 35.5. The molecule has 0 aliphatic heterocycles. The molecule has 0 amide bonds. The Morgan fingerprint density at radius 3 is 2.21 bits per heavy atom. The van der Waals surface area contributed by atoms with E-state index >= 15 is 0 Å². The third kappa shape index (κ3) is 5.30. The molecule has 104 valence electrons. The molecule has 0 fully saturated rings. The molecule has 0 saturated carbocycles. The van der Waals surface area contributed by atoms with Gasteiger partial charge in [0.15, 0.2) is 5.92 Å². The third-order valence-electron chi connectivity index (χ3n) is 2.34. The van der Waals surface area contributed by atoms with Crippen molar-refractivity contribution in [3.63, 3.8) is 0 Å². The monoisotopic (exact) mass is 284 g/mol. The highest BCUT2D eigenvalue weighted by molar-refractivity contribution is 6.30. The molecule has 0 spiro atoms. The lowest BCUT2D eigenvalue weighted by molar-refractivity contribution is -0.166. The number of halogens is 1. The van der Waals surface area contributed by atoms with Gasteiger partial charge in [-0.05, 0) is 44.9 Å². The highest BCUT2D eigenvalue weighted by Crippen LogP contribution is 2.17. The van der Waals surface area contributed by atoms with Crippen molar-refractivity contribution >= 4 is 23.5 Å². The van der Waals surface area contributed by atoms with E-state index in [2.05, 4.69) is 0 Å². The topological polar surface area (TPSA) is 63.6 Å². The van der Waals surface area contributed by atoms with E-state index in [4.69, 9.17) is 21.4 Å². The van der Waals surface area contributed by atoms with E-state index in [1.165, 1.54) is 0 Å². The average molecular weight is 285 g/mol. The quantitative estimate of drug-likeness (QED) is 0.682. The SMILES string of the molecule is CC(C)(C)OC(=O)[C@H](Cc1ccc(Cl)cc1)C(=O)O. The molecule has 0 aliphatic rings. The number of aliphatic carboxylic acids is 1. The van der Waals surface area contributed by atoms with E-state index in [1.807, 2.05) is 0 Å². The minimum absolute atomic E-state index is 0.0847. The van der Waals surface area contributed by atoms with Crippen LogP contribution in [0.1, 0.15) is 26.3 Å². The van der Waals surface area contributed by atoms with E-state index in [0.717, 1.165) is 5.56 Å². The third-order valence-corrected chi connectivity index (χ3v) is 2.59. The Kier molecular flexibility index (Phi) is 4.95. The van der Waals surface area contributed by atoms with Crippen LogP contribution in [-0.4, -0.2) is 22.6 Å². The molecule has 0 bridgehead atoms. The van der Waals surface area contributed by atoms with E-state index in [1.54, 1.807) is 45.0 Å². The summed E-state index contributed by atoms with van der Waals surface area (Å²) in [7, 11) is 0. The number of rotatable bonds is 4. The van der Waals surface area contributed by atoms with Gasteiger partial charge >= 0.3 is 11.9 Å². The maximum atomic E-state index is 11.8. The molecule has 1 aromatic rings. The first-order valence-corrected chi connectivity index (χ1v) is 6.27. The maximum absolute atomic E-state index is 11.8. The smallest absolute Gasteiger partial charge is 0.321 e. The predicted molar refractivity (Wildman–Crippen MR) is 72.1 cm³/mol. The summed E-state index contributed by atoms with van der Waals surface area (Å²) in [5.74, 6) is -3.13. The number of carbonyl (C=O) groups is 2. The van der Waals surface area contributed by atoms with Gasteiger partial charge < -0.3 is 9.84 Å². The number of benzene rings is 1. The Morgan fingerprint density at radius 2 is 1.79 bits per heavy atom. The molecule has 1 rings (SSSR count). The lowest BCUT2D eigenvalue weighted by Crippen LogP contribution is -2.33. The van der Waals surface area contributed by atoms with Crippen LogP contribution in [0.5, 0.6) is 0 Å². The van der Waals surface area contributed by atoms with Crippen molar-refractivity contribution in [1.82, 2.24) is 0 Å². The molecule has 19 heavy (non-hydrogen) atoms. The van der Waals surface area contributed by atoms with Gasteiger partial charge in [0.2, 0.25) is 0 Å². The number of carbonyl (C=O) groups excluding carboxylic acids is 1. The number of carboxylic acid groups (broad SMARTS) is 1. The van der Waals surface area contributed by atoms with Crippen LogP contribution in [-0.2, 0) is 20.7 Å². The highest BCUT2D eigenvalue weighted by Gasteiger charge is 2.31. The summed E-state index contributed by atoms with van der Waals surface area (Å²) >= 11 is 5.75. The van der Waals surface area contributed by atoms with Crippen LogP contribution in [0.15, 0.2) is 24.3 Å². The summed E-state index contributed by atoms with van der Waals surface area (Å²) < 4.78 is 5.11. The average Bonchev–Trinajstić information content (AvgIpc) is 2.25. The molecular formula is C14H17ClO4. The number of carboxylic acids is 1. The van der Waals surface area contributed by atoms with Crippen LogP contribution in [0.3, 0.4) is 0 Å². The molecule has 0 heterocycles.